The van der Waals surface area contributed by atoms with Crippen LogP contribution in [0, 0.1) is 0 Å². The van der Waals surface area contributed by atoms with Crippen LogP contribution < -0.4 is 9.64 Å². The van der Waals surface area contributed by atoms with Crippen molar-refractivity contribution in [3.8, 4) is 11.6 Å². The van der Waals surface area contributed by atoms with Crippen LogP contribution in [-0.4, -0.2) is 52.7 Å². The van der Waals surface area contributed by atoms with Crippen molar-refractivity contribution < 1.29 is 9.53 Å². The summed E-state index contributed by atoms with van der Waals surface area (Å²) >= 11 is 7.31. The first kappa shape index (κ1) is 20.5. The topological polar surface area (TPSA) is 58.6 Å². The Morgan fingerprint density at radius 3 is 2.40 bits per heavy atom. The van der Waals surface area contributed by atoms with Crippen LogP contribution in [0.4, 0.5) is 5.69 Å². The number of hydrogen-bond donors (Lipinski definition) is 0. The van der Waals surface area contributed by atoms with Crippen LogP contribution in [0.25, 0.3) is 0 Å². The standard InChI is InChI=1S/C22H21ClN4O2S/c23-17-6-8-18(9-7-17)26-12-14-27(15-13-26)20(28)16-30-22-21(24-10-11-25-22)29-19-4-2-1-3-5-19/h1-11H,12-16H2. The van der Waals surface area contributed by atoms with Gasteiger partial charge in [0.15, 0.2) is 5.03 Å². The number of aromatic nitrogens is 2. The summed E-state index contributed by atoms with van der Waals surface area (Å²) < 4.78 is 5.82. The van der Waals surface area contributed by atoms with E-state index in [0.717, 1.165) is 23.8 Å². The Hall–Kier alpha value is -2.77. The van der Waals surface area contributed by atoms with Gasteiger partial charge in [-0.05, 0) is 36.4 Å². The SMILES string of the molecule is O=C(CSc1nccnc1Oc1ccccc1)N1CCN(c2ccc(Cl)cc2)CC1. The number of carbonyl (C=O) groups excluding carboxylic acids is 1. The molecule has 1 fully saturated rings. The molecule has 3 aromatic rings. The van der Waals surface area contributed by atoms with E-state index < -0.39 is 0 Å². The maximum absolute atomic E-state index is 12.7. The Labute approximate surface area is 184 Å². The van der Waals surface area contributed by atoms with Crippen molar-refractivity contribution in [3.63, 3.8) is 0 Å². The molecular formula is C22H21ClN4O2S. The number of thioether (sulfide) groups is 1. The third-order valence-corrected chi connectivity index (χ3v) is 5.94. The number of anilines is 1. The molecule has 0 aliphatic carbocycles. The van der Waals surface area contributed by atoms with E-state index in [1.165, 1.54) is 11.8 Å². The Balaban J connectivity index is 1.31. The lowest BCUT2D eigenvalue weighted by Crippen LogP contribution is -2.49. The summed E-state index contributed by atoms with van der Waals surface area (Å²) in [5.41, 5.74) is 1.13. The molecule has 0 unspecified atom stereocenters. The zero-order valence-electron chi connectivity index (χ0n) is 16.3. The van der Waals surface area contributed by atoms with E-state index in [2.05, 4.69) is 14.9 Å². The zero-order valence-corrected chi connectivity index (χ0v) is 17.9. The van der Waals surface area contributed by atoms with Crippen molar-refractivity contribution in [2.45, 2.75) is 5.03 Å². The van der Waals surface area contributed by atoms with Crippen LogP contribution in [0.2, 0.25) is 5.02 Å². The van der Waals surface area contributed by atoms with Crippen molar-refractivity contribution in [1.29, 1.82) is 0 Å². The first-order valence-corrected chi connectivity index (χ1v) is 11.0. The van der Waals surface area contributed by atoms with Gasteiger partial charge in [0.05, 0.1) is 5.75 Å². The molecule has 1 aliphatic heterocycles. The third-order valence-electron chi connectivity index (χ3n) is 4.75. The normalized spacial score (nSPS) is 13.9. The number of hydrogen-bond acceptors (Lipinski definition) is 6. The maximum Gasteiger partial charge on any atom is 0.252 e. The summed E-state index contributed by atoms with van der Waals surface area (Å²) in [6.45, 7) is 2.98. The zero-order chi connectivity index (χ0) is 20.8. The molecule has 2 aromatic carbocycles. The van der Waals surface area contributed by atoms with Gasteiger partial charge < -0.3 is 14.5 Å². The number of carbonyl (C=O) groups is 1. The van der Waals surface area contributed by atoms with Gasteiger partial charge in [-0.25, -0.2) is 9.97 Å². The molecule has 0 bridgehead atoms. The van der Waals surface area contributed by atoms with E-state index >= 15 is 0 Å². The number of rotatable bonds is 6. The lowest BCUT2D eigenvalue weighted by molar-refractivity contribution is -0.128. The quantitative estimate of drug-likeness (QED) is 0.531. The van der Waals surface area contributed by atoms with Gasteiger partial charge >= 0.3 is 0 Å². The van der Waals surface area contributed by atoms with Crippen LogP contribution in [0.5, 0.6) is 11.6 Å². The molecule has 0 atom stereocenters. The van der Waals surface area contributed by atoms with Crippen LogP contribution in [0.3, 0.4) is 0 Å². The molecule has 0 saturated carbocycles. The molecule has 0 radical (unpaired) electrons. The number of amides is 1. The van der Waals surface area contributed by atoms with Crippen molar-refractivity contribution in [2.75, 3.05) is 36.8 Å². The second-order valence-electron chi connectivity index (χ2n) is 6.71. The molecule has 0 spiro atoms. The smallest absolute Gasteiger partial charge is 0.252 e. The average Bonchev–Trinajstić information content (AvgIpc) is 2.80. The fraction of sp³-hybridized carbons (Fsp3) is 0.227. The monoisotopic (exact) mass is 440 g/mol. The lowest BCUT2D eigenvalue weighted by Gasteiger charge is -2.36. The second kappa shape index (κ2) is 9.82. The Bertz CT molecular complexity index is 980. The predicted molar refractivity (Wildman–Crippen MR) is 120 cm³/mol. The Kier molecular flexibility index (Phi) is 6.71. The van der Waals surface area contributed by atoms with E-state index in [-0.39, 0.29) is 5.91 Å². The first-order valence-electron chi connectivity index (χ1n) is 9.64. The molecule has 1 saturated heterocycles. The lowest BCUT2D eigenvalue weighted by atomic mass is 10.2. The van der Waals surface area contributed by atoms with Crippen LogP contribution in [0.15, 0.2) is 72.0 Å². The van der Waals surface area contributed by atoms with Gasteiger partial charge in [0, 0.05) is 49.3 Å². The number of piperazine rings is 1. The molecule has 30 heavy (non-hydrogen) atoms. The highest BCUT2D eigenvalue weighted by molar-refractivity contribution is 8.00. The molecule has 1 amide bonds. The van der Waals surface area contributed by atoms with Gasteiger partial charge in [0.1, 0.15) is 5.75 Å². The molecular weight excluding hydrogens is 420 g/mol. The van der Waals surface area contributed by atoms with Crippen LogP contribution in [-0.2, 0) is 4.79 Å². The van der Waals surface area contributed by atoms with Gasteiger partial charge in [-0.3, -0.25) is 4.79 Å². The number of halogens is 1. The van der Waals surface area contributed by atoms with Crippen molar-refractivity contribution in [1.82, 2.24) is 14.9 Å². The van der Waals surface area contributed by atoms with Crippen molar-refractivity contribution in [3.05, 3.63) is 72.0 Å². The molecule has 0 N–H and O–H groups in total. The second-order valence-corrected chi connectivity index (χ2v) is 8.12. The average molecular weight is 441 g/mol. The highest BCUT2D eigenvalue weighted by Gasteiger charge is 2.22. The first-order chi connectivity index (χ1) is 14.7. The molecule has 1 aromatic heterocycles. The predicted octanol–water partition coefficient (Wildman–Crippen LogP) is 4.36. The van der Waals surface area contributed by atoms with E-state index in [9.17, 15) is 4.79 Å². The van der Waals surface area contributed by atoms with Gasteiger partial charge in [0.2, 0.25) is 5.91 Å². The van der Waals surface area contributed by atoms with E-state index in [1.807, 2.05) is 59.5 Å². The summed E-state index contributed by atoms with van der Waals surface area (Å²) in [6, 6.07) is 17.2. The molecule has 154 valence electrons. The summed E-state index contributed by atoms with van der Waals surface area (Å²) in [6.07, 6.45) is 3.19. The van der Waals surface area contributed by atoms with Crippen molar-refractivity contribution >= 4 is 35.0 Å². The summed E-state index contributed by atoms with van der Waals surface area (Å²) in [7, 11) is 0. The maximum atomic E-state index is 12.7. The molecule has 4 rings (SSSR count). The minimum absolute atomic E-state index is 0.0899. The summed E-state index contributed by atoms with van der Waals surface area (Å²) in [5, 5.41) is 1.33. The van der Waals surface area contributed by atoms with Crippen LogP contribution >= 0.6 is 23.4 Å². The van der Waals surface area contributed by atoms with Gasteiger partial charge in [-0.2, -0.15) is 0 Å². The van der Waals surface area contributed by atoms with Gasteiger partial charge in [-0.1, -0.05) is 41.6 Å². The molecule has 2 heterocycles. The molecule has 6 nitrogen and oxygen atoms in total. The van der Waals surface area contributed by atoms with Crippen LogP contribution in [0.1, 0.15) is 0 Å². The minimum atomic E-state index is 0.0899. The number of ether oxygens (including phenoxy) is 1. The molecule has 1 aliphatic rings. The third kappa shape index (κ3) is 5.23. The minimum Gasteiger partial charge on any atom is -0.437 e. The van der Waals surface area contributed by atoms with E-state index in [0.29, 0.717) is 35.5 Å². The fourth-order valence-electron chi connectivity index (χ4n) is 3.17. The largest absolute Gasteiger partial charge is 0.437 e. The Morgan fingerprint density at radius 2 is 1.67 bits per heavy atom. The van der Waals surface area contributed by atoms with E-state index in [1.54, 1.807) is 12.4 Å². The number of para-hydroxylation sites is 1. The van der Waals surface area contributed by atoms with E-state index in [4.69, 9.17) is 16.3 Å². The Morgan fingerprint density at radius 1 is 0.967 bits per heavy atom. The summed E-state index contributed by atoms with van der Waals surface area (Å²) in [4.78, 5) is 25.5. The molecule has 8 heteroatoms. The highest BCUT2D eigenvalue weighted by atomic mass is 35.5. The summed E-state index contributed by atoms with van der Waals surface area (Å²) in [5.74, 6) is 1.48. The van der Waals surface area contributed by atoms with Crippen molar-refractivity contribution in [2.24, 2.45) is 0 Å². The number of nitrogens with zero attached hydrogens (tertiary/aromatic N) is 4. The fourth-order valence-corrected chi connectivity index (χ4v) is 4.09. The number of benzene rings is 2. The van der Waals surface area contributed by atoms with Gasteiger partial charge in [0.25, 0.3) is 5.88 Å². The van der Waals surface area contributed by atoms with Gasteiger partial charge in [-0.15, -0.1) is 0 Å². The highest BCUT2D eigenvalue weighted by Crippen LogP contribution is 2.29.